The molecular weight excluding hydrogens is 296 g/mol. The van der Waals surface area contributed by atoms with Crippen LogP contribution < -0.4 is 4.72 Å². The Labute approximate surface area is 121 Å². The third kappa shape index (κ3) is 2.64. The zero-order valence-electron chi connectivity index (χ0n) is 10.7. The molecule has 2 aromatic rings. The number of phenols is 1. The average Bonchev–Trinajstić information content (AvgIpc) is 2.80. The molecule has 3 rings (SSSR count). The fraction of sp³-hybridized carbons (Fsp3) is 0.308. The summed E-state index contributed by atoms with van der Waals surface area (Å²) in [5, 5.41) is 9.77. The number of nitrogens with one attached hydrogen (secondary N) is 1. The van der Waals surface area contributed by atoms with Gasteiger partial charge in [-0.3, -0.25) is 4.72 Å². The van der Waals surface area contributed by atoms with Crippen molar-refractivity contribution in [1.29, 1.82) is 0 Å². The van der Waals surface area contributed by atoms with Gasteiger partial charge in [0.1, 0.15) is 5.75 Å². The number of aromatic nitrogens is 1. The number of anilines is 1. The molecule has 0 unspecified atom stereocenters. The second-order valence-corrected chi connectivity index (χ2v) is 7.46. The van der Waals surface area contributed by atoms with Crippen molar-refractivity contribution in [3.63, 3.8) is 0 Å². The summed E-state index contributed by atoms with van der Waals surface area (Å²) in [6.07, 6.45) is 4.13. The lowest BCUT2D eigenvalue weighted by Gasteiger charge is -2.06. The Bertz CT molecular complexity index is 714. The number of sulfonamides is 1. The summed E-state index contributed by atoms with van der Waals surface area (Å²) in [5.74, 6) is -0.0775. The van der Waals surface area contributed by atoms with Crippen LogP contribution >= 0.6 is 11.3 Å². The number of fused-ring (bicyclic) bond motifs is 1. The smallest absolute Gasteiger partial charge is 0.263 e. The van der Waals surface area contributed by atoms with Crippen molar-refractivity contribution in [2.75, 3.05) is 4.72 Å². The van der Waals surface area contributed by atoms with Gasteiger partial charge >= 0.3 is 0 Å². The van der Waals surface area contributed by atoms with Gasteiger partial charge < -0.3 is 5.11 Å². The molecule has 1 aromatic heterocycles. The van der Waals surface area contributed by atoms with E-state index in [1.54, 1.807) is 0 Å². The van der Waals surface area contributed by atoms with Gasteiger partial charge in [-0.25, -0.2) is 13.4 Å². The normalized spacial score (nSPS) is 14.8. The van der Waals surface area contributed by atoms with Crippen LogP contribution in [0.3, 0.4) is 0 Å². The Kier molecular flexibility index (Phi) is 3.39. The van der Waals surface area contributed by atoms with E-state index in [0.717, 1.165) is 31.4 Å². The predicted octanol–water partition coefficient (Wildman–Crippen LogP) is 2.53. The Morgan fingerprint density at radius 3 is 2.80 bits per heavy atom. The fourth-order valence-electron chi connectivity index (χ4n) is 2.22. The number of rotatable bonds is 3. The summed E-state index contributed by atoms with van der Waals surface area (Å²) >= 11 is 1.40. The number of phenolic OH excluding ortho intramolecular Hbond substituents is 1. The number of nitrogens with zero attached hydrogens (tertiary/aromatic N) is 1. The summed E-state index contributed by atoms with van der Waals surface area (Å²) in [7, 11) is -3.70. The number of aryl methyl sites for hydroxylation is 2. The van der Waals surface area contributed by atoms with Crippen LogP contribution in [-0.2, 0) is 22.9 Å². The number of hydrogen-bond acceptors (Lipinski definition) is 5. The van der Waals surface area contributed by atoms with E-state index in [9.17, 15) is 13.5 Å². The van der Waals surface area contributed by atoms with Crippen LogP contribution in [0, 0.1) is 0 Å². The van der Waals surface area contributed by atoms with E-state index < -0.39 is 10.0 Å². The molecule has 0 fully saturated rings. The van der Waals surface area contributed by atoms with Crippen molar-refractivity contribution < 1.29 is 13.5 Å². The molecule has 7 heteroatoms. The Morgan fingerprint density at radius 1 is 1.25 bits per heavy atom. The highest BCUT2D eigenvalue weighted by atomic mass is 32.2. The molecular formula is C13H14N2O3S2. The summed E-state index contributed by atoms with van der Waals surface area (Å²) < 4.78 is 26.9. The molecule has 1 aliphatic carbocycles. The van der Waals surface area contributed by atoms with Crippen LogP contribution in [0.15, 0.2) is 29.2 Å². The molecule has 0 radical (unpaired) electrons. The first-order valence-electron chi connectivity index (χ1n) is 6.35. The van der Waals surface area contributed by atoms with Gasteiger partial charge in [-0.2, -0.15) is 0 Å². The minimum atomic E-state index is -3.70. The van der Waals surface area contributed by atoms with Crippen LogP contribution in [-0.4, -0.2) is 18.5 Å². The maximum atomic E-state index is 12.2. The molecule has 0 amide bonds. The van der Waals surface area contributed by atoms with Crippen LogP contribution in [0.1, 0.15) is 23.4 Å². The van der Waals surface area contributed by atoms with Crippen LogP contribution in [0.4, 0.5) is 5.13 Å². The van der Waals surface area contributed by atoms with Crippen molar-refractivity contribution in [1.82, 2.24) is 4.98 Å². The third-order valence-electron chi connectivity index (χ3n) is 3.20. The number of aromatic hydroxyl groups is 1. The third-order valence-corrected chi connectivity index (χ3v) is 5.73. The first-order chi connectivity index (χ1) is 9.54. The number of thiazole rings is 1. The topological polar surface area (TPSA) is 79.3 Å². The number of benzene rings is 1. The highest BCUT2D eigenvalue weighted by Gasteiger charge is 2.20. The van der Waals surface area contributed by atoms with Gasteiger partial charge in [-0.15, -0.1) is 11.3 Å². The van der Waals surface area contributed by atoms with E-state index in [2.05, 4.69) is 9.71 Å². The molecule has 20 heavy (non-hydrogen) atoms. The van der Waals surface area contributed by atoms with Gasteiger partial charge in [-0.05, 0) is 37.8 Å². The highest BCUT2D eigenvalue weighted by molar-refractivity contribution is 7.93. The van der Waals surface area contributed by atoms with Gasteiger partial charge in [0.05, 0.1) is 10.6 Å². The van der Waals surface area contributed by atoms with E-state index in [0.29, 0.717) is 5.13 Å². The molecule has 0 spiro atoms. The monoisotopic (exact) mass is 310 g/mol. The van der Waals surface area contributed by atoms with Gasteiger partial charge in [-0.1, -0.05) is 6.07 Å². The summed E-state index contributed by atoms with van der Waals surface area (Å²) in [6.45, 7) is 0. The fourth-order valence-corrected chi connectivity index (χ4v) is 4.54. The second kappa shape index (κ2) is 5.06. The second-order valence-electron chi connectivity index (χ2n) is 4.70. The zero-order valence-corrected chi connectivity index (χ0v) is 12.3. The minimum Gasteiger partial charge on any atom is -0.508 e. The maximum Gasteiger partial charge on any atom is 0.263 e. The summed E-state index contributed by atoms with van der Waals surface area (Å²) in [5.41, 5.74) is 1.01. The predicted molar refractivity (Wildman–Crippen MR) is 77.7 cm³/mol. The molecule has 0 aliphatic heterocycles. The first-order valence-corrected chi connectivity index (χ1v) is 8.65. The minimum absolute atomic E-state index is 0.0330. The van der Waals surface area contributed by atoms with E-state index in [-0.39, 0.29) is 10.6 Å². The van der Waals surface area contributed by atoms with Gasteiger partial charge in [0.15, 0.2) is 5.13 Å². The number of hydrogen-bond donors (Lipinski definition) is 2. The molecule has 5 nitrogen and oxygen atoms in total. The molecule has 1 heterocycles. The van der Waals surface area contributed by atoms with Gasteiger partial charge in [0.2, 0.25) is 0 Å². The quantitative estimate of drug-likeness (QED) is 0.913. The average molecular weight is 310 g/mol. The molecule has 0 saturated heterocycles. The molecule has 0 saturated carbocycles. The SMILES string of the molecule is O=S(=O)(Nc1nc2c(s1)CCCC2)c1cccc(O)c1. The van der Waals surface area contributed by atoms with Crippen molar-refractivity contribution in [3.05, 3.63) is 34.8 Å². The van der Waals surface area contributed by atoms with E-state index >= 15 is 0 Å². The molecule has 2 N–H and O–H groups in total. The lowest BCUT2D eigenvalue weighted by molar-refractivity contribution is 0.473. The standard InChI is InChI=1S/C13H14N2O3S2/c16-9-4-3-5-10(8-9)20(17,18)15-13-14-11-6-1-2-7-12(11)19-13/h3-5,8,16H,1-2,6-7H2,(H,14,15). The zero-order chi connectivity index (χ0) is 14.2. The molecule has 1 aromatic carbocycles. The van der Waals surface area contributed by atoms with E-state index in [1.807, 2.05) is 0 Å². The van der Waals surface area contributed by atoms with Crippen LogP contribution in [0.25, 0.3) is 0 Å². The van der Waals surface area contributed by atoms with Crippen molar-refractivity contribution in [2.24, 2.45) is 0 Å². The lowest BCUT2D eigenvalue weighted by atomic mass is 10.0. The molecule has 0 bridgehead atoms. The molecule has 106 valence electrons. The van der Waals surface area contributed by atoms with E-state index in [4.69, 9.17) is 0 Å². The highest BCUT2D eigenvalue weighted by Crippen LogP contribution is 2.31. The molecule has 1 aliphatic rings. The Hall–Kier alpha value is -1.60. The maximum absolute atomic E-state index is 12.2. The van der Waals surface area contributed by atoms with Crippen molar-refractivity contribution >= 4 is 26.5 Å². The summed E-state index contributed by atoms with van der Waals surface area (Å²) in [4.78, 5) is 5.55. The van der Waals surface area contributed by atoms with Gasteiger partial charge in [0, 0.05) is 10.9 Å². The Morgan fingerprint density at radius 2 is 2.05 bits per heavy atom. The van der Waals surface area contributed by atoms with Crippen LogP contribution in [0.5, 0.6) is 5.75 Å². The van der Waals surface area contributed by atoms with Crippen molar-refractivity contribution in [3.8, 4) is 5.75 Å². The molecule has 0 atom stereocenters. The van der Waals surface area contributed by atoms with E-state index in [1.165, 1.54) is 40.5 Å². The first kappa shape index (κ1) is 13.4. The van der Waals surface area contributed by atoms with Crippen LogP contribution in [0.2, 0.25) is 0 Å². The largest absolute Gasteiger partial charge is 0.508 e. The Balaban J connectivity index is 1.88. The lowest BCUT2D eigenvalue weighted by Crippen LogP contribution is -2.12. The van der Waals surface area contributed by atoms with Gasteiger partial charge in [0.25, 0.3) is 10.0 Å². The van der Waals surface area contributed by atoms with Crippen molar-refractivity contribution in [2.45, 2.75) is 30.6 Å². The summed E-state index contributed by atoms with van der Waals surface area (Å²) in [6, 6.07) is 5.59.